The molecule has 4 aromatic rings. The van der Waals surface area contributed by atoms with E-state index in [0.717, 1.165) is 22.5 Å². The van der Waals surface area contributed by atoms with Gasteiger partial charge in [0, 0.05) is 35.4 Å². The van der Waals surface area contributed by atoms with Crippen LogP contribution in [-0.4, -0.2) is 73.5 Å². The van der Waals surface area contributed by atoms with Crippen molar-refractivity contribution in [2.45, 2.75) is 71.6 Å². The van der Waals surface area contributed by atoms with Gasteiger partial charge in [0.05, 0.1) is 12.6 Å². The minimum atomic E-state index is -0.848. The van der Waals surface area contributed by atoms with Crippen LogP contribution in [0.4, 0.5) is 0 Å². The number of H-pyrrole nitrogens is 1. The average molecular weight is 687 g/mol. The molecular formula is C36H43ClN8O4. The number of aryl methyl sites for hydroxylation is 2. The highest BCUT2D eigenvalue weighted by atomic mass is 35.5. The Morgan fingerprint density at radius 3 is 2.37 bits per heavy atom. The van der Waals surface area contributed by atoms with Crippen molar-refractivity contribution in [1.82, 2.24) is 40.6 Å². The lowest BCUT2D eigenvalue weighted by Crippen LogP contribution is -2.54. The van der Waals surface area contributed by atoms with E-state index in [2.05, 4.69) is 31.0 Å². The molecule has 0 saturated carbocycles. The SMILES string of the molecule is Cc1nc2n(n1)CC(=O)N[C@H](C)C(=O)N[C@@H](C(C)C)CN(C(=O)CCc1ccc(-c3ccc(Cl)cc3)[nH]1)CC(=O)N[C@H]2Cc1ccccc1. The van der Waals surface area contributed by atoms with Crippen molar-refractivity contribution < 1.29 is 19.2 Å². The molecule has 49 heavy (non-hydrogen) atoms. The number of hydrogen-bond acceptors (Lipinski definition) is 6. The normalized spacial score (nSPS) is 19.3. The number of nitrogens with zero attached hydrogens (tertiary/aromatic N) is 4. The Labute approximate surface area is 291 Å². The van der Waals surface area contributed by atoms with Crippen molar-refractivity contribution in [2.75, 3.05) is 13.1 Å². The monoisotopic (exact) mass is 686 g/mol. The molecule has 5 rings (SSSR count). The van der Waals surface area contributed by atoms with Gasteiger partial charge < -0.3 is 25.8 Å². The number of carbonyl (C=O) groups excluding carboxylic acids is 4. The van der Waals surface area contributed by atoms with E-state index in [1.807, 2.05) is 80.6 Å². The number of fused-ring (bicyclic) bond motifs is 1. The molecule has 0 saturated heterocycles. The predicted octanol–water partition coefficient (Wildman–Crippen LogP) is 3.76. The van der Waals surface area contributed by atoms with Gasteiger partial charge in [0.25, 0.3) is 0 Å². The summed E-state index contributed by atoms with van der Waals surface area (Å²) in [7, 11) is 0. The van der Waals surface area contributed by atoms with E-state index in [1.165, 1.54) is 9.58 Å². The van der Waals surface area contributed by atoms with E-state index >= 15 is 0 Å². The molecule has 2 aromatic heterocycles. The first kappa shape index (κ1) is 35.3. The smallest absolute Gasteiger partial charge is 0.242 e. The molecule has 12 nitrogen and oxygen atoms in total. The van der Waals surface area contributed by atoms with Crippen LogP contribution in [0.15, 0.2) is 66.7 Å². The topological polar surface area (TPSA) is 154 Å². The predicted molar refractivity (Wildman–Crippen MR) is 186 cm³/mol. The van der Waals surface area contributed by atoms with E-state index in [4.69, 9.17) is 11.6 Å². The second kappa shape index (κ2) is 16.0. The second-order valence-electron chi connectivity index (χ2n) is 12.8. The van der Waals surface area contributed by atoms with Gasteiger partial charge in [-0.05, 0) is 68.0 Å². The third-order valence-electron chi connectivity index (χ3n) is 8.55. The molecule has 0 aliphatic carbocycles. The number of rotatable bonds is 7. The number of carbonyl (C=O) groups is 4. The van der Waals surface area contributed by atoms with Crippen LogP contribution in [0.3, 0.4) is 0 Å². The van der Waals surface area contributed by atoms with Crippen LogP contribution in [0.1, 0.15) is 56.1 Å². The molecule has 0 radical (unpaired) electrons. The Kier molecular flexibility index (Phi) is 11.5. The van der Waals surface area contributed by atoms with Crippen LogP contribution in [0.5, 0.6) is 0 Å². The summed E-state index contributed by atoms with van der Waals surface area (Å²) in [6.07, 6.45) is 0.944. The maximum atomic E-state index is 13.9. The molecule has 258 valence electrons. The Morgan fingerprint density at radius 1 is 0.939 bits per heavy atom. The van der Waals surface area contributed by atoms with Gasteiger partial charge in [-0.2, -0.15) is 5.10 Å². The van der Waals surface area contributed by atoms with Gasteiger partial charge in [-0.3, -0.25) is 19.2 Å². The molecule has 0 unspecified atom stereocenters. The number of amides is 4. The Bertz CT molecular complexity index is 1770. The van der Waals surface area contributed by atoms with Gasteiger partial charge >= 0.3 is 0 Å². The Hall–Kier alpha value is -4.97. The quantitative estimate of drug-likeness (QED) is 0.232. The zero-order valence-corrected chi connectivity index (χ0v) is 29.0. The standard InChI is InChI=1S/C36H43ClN8O4/c1-22(2)31-19-44(34(48)17-15-28-14-16-29(40-28)26-10-12-27(37)13-11-26)20-32(46)41-30(18-25-8-6-5-7-9-25)35-39-24(4)43-45(35)21-33(47)38-23(3)36(49)42-31/h5-14,16,22-23,30-31,40H,15,17-21H2,1-4H3,(H,38,47)(H,41,46)(H,42,49)/t23-,30+,31-/m1/s1. The highest BCUT2D eigenvalue weighted by molar-refractivity contribution is 6.30. The molecule has 1 aliphatic rings. The molecule has 0 fully saturated rings. The molecule has 0 bridgehead atoms. The zero-order valence-electron chi connectivity index (χ0n) is 28.2. The van der Waals surface area contributed by atoms with Crippen LogP contribution in [-0.2, 0) is 38.6 Å². The van der Waals surface area contributed by atoms with E-state index in [-0.39, 0.29) is 37.9 Å². The summed E-state index contributed by atoms with van der Waals surface area (Å²) >= 11 is 6.04. The largest absolute Gasteiger partial charge is 0.358 e. The van der Waals surface area contributed by atoms with E-state index in [1.54, 1.807) is 13.8 Å². The lowest BCUT2D eigenvalue weighted by Gasteiger charge is -2.31. The highest BCUT2D eigenvalue weighted by Gasteiger charge is 2.30. The number of nitrogens with one attached hydrogen (secondary N) is 4. The van der Waals surface area contributed by atoms with Crippen LogP contribution in [0.2, 0.25) is 5.02 Å². The first-order chi connectivity index (χ1) is 23.4. The first-order valence-corrected chi connectivity index (χ1v) is 16.9. The van der Waals surface area contributed by atoms with Gasteiger partial charge in [0.15, 0.2) is 5.82 Å². The maximum absolute atomic E-state index is 13.9. The van der Waals surface area contributed by atoms with Crippen LogP contribution >= 0.6 is 11.6 Å². The lowest BCUT2D eigenvalue weighted by atomic mass is 10.0. The molecule has 13 heteroatoms. The van der Waals surface area contributed by atoms with Crippen LogP contribution in [0.25, 0.3) is 11.3 Å². The van der Waals surface area contributed by atoms with Gasteiger partial charge in [-0.25, -0.2) is 9.67 Å². The van der Waals surface area contributed by atoms with Crippen molar-refractivity contribution in [3.8, 4) is 11.3 Å². The third-order valence-corrected chi connectivity index (χ3v) is 8.80. The Morgan fingerprint density at radius 2 is 1.65 bits per heavy atom. The molecule has 0 spiro atoms. The average Bonchev–Trinajstić information content (AvgIpc) is 3.69. The van der Waals surface area contributed by atoms with Gasteiger partial charge in [-0.1, -0.05) is 67.9 Å². The molecule has 1 aliphatic heterocycles. The van der Waals surface area contributed by atoms with E-state index < -0.39 is 35.8 Å². The van der Waals surface area contributed by atoms with Gasteiger partial charge in [0.1, 0.15) is 18.4 Å². The molecule has 4 N–H and O–H groups in total. The van der Waals surface area contributed by atoms with Crippen LogP contribution in [0, 0.1) is 12.8 Å². The highest BCUT2D eigenvalue weighted by Crippen LogP contribution is 2.22. The summed E-state index contributed by atoms with van der Waals surface area (Å²) in [5.41, 5.74) is 3.70. The fourth-order valence-corrected chi connectivity index (χ4v) is 5.94. The van der Waals surface area contributed by atoms with Crippen LogP contribution < -0.4 is 16.0 Å². The van der Waals surface area contributed by atoms with Gasteiger partial charge in [-0.15, -0.1) is 0 Å². The Balaban J connectivity index is 1.41. The van der Waals surface area contributed by atoms with Crippen molar-refractivity contribution in [1.29, 1.82) is 0 Å². The summed E-state index contributed by atoms with van der Waals surface area (Å²) in [6, 6.07) is 19.0. The fourth-order valence-electron chi connectivity index (χ4n) is 5.81. The van der Waals surface area contributed by atoms with Crippen molar-refractivity contribution in [2.24, 2.45) is 5.92 Å². The molecular weight excluding hydrogens is 644 g/mol. The fraction of sp³-hybridized carbons (Fsp3) is 0.389. The number of aromatic nitrogens is 4. The van der Waals surface area contributed by atoms with E-state index in [0.29, 0.717) is 29.5 Å². The van der Waals surface area contributed by atoms with Crippen molar-refractivity contribution in [3.63, 3.8) is 0 Å². The number of hydrogen-bond donors (Lipinski definition) is 4. The number of halogens is 1. The maximum Gasteiger partial charge on any atom is 0.242 e. The summed E-state index contributed by atoms with van der Waals surface area (Å²) in [6.45, 7) is 6.88. The minimum Gasteiger partial charge on any atom is -0.358 e. The summed E-state index contributed by atoms with van der Waals surface area (Å²) in [4.78, 5) is 63.5. The molecule has 3 atom stereocenters. The number of benzene rings is 2. The summed E-state index contributed by atoms with van der Waals surface area (Å²) in [5.74, 6) is -0.684. The molecule has 3 heterocycles. The minimum absolute atomic E-state index is 0.0748. The molecule has 4 amide bonds. The summed E-state index contributed by atoms with van der Waals surface area (Å²) < 4.78 is 1.46. The molecule has 2 aromatic carbocycles. The van der Waals surface area contributed by atoms with Crippen molar-refractivity contribution >= 4 is 35.2 Å². The third kappa shape index (κ3) is 9.56. The number of aromatic amines is 1. The first-order valence-electron chi connectivity index (χ1n) is 16.5. The zero-order chi connectivity index (χ0) is 35.1. The van der Waals surface area contributed by atoms with Gasteiger partial charge in [0.2, 0.25) is 23.6 Å². The summed E-state index contributed by atoms with van der Waals surface area (Å²) in [5, 5.41) is 13.9. The lowest BCUT2D eigenvalue weighted by molar-refractivity contribution is -0.137. The van der Waals surface area contributed by atoms with Crippen molar-refractivity contribution in [3.05, 3.63) is 94.7 Å². The second-order valence-corrected chi connectivity index (χ2v) is 13.2. The van der Waals surface area contributed by atoms with E-state index in [9.17, 15) is 19.2 Å².